The highest BCUT2D eigenvalue weighted by Crippen LogP contribution is 2.07. The summed E-state index contributed by atoms with van der Waals surface area (Å²) in [5, 5.41) is 41.5. The first kappa shape index (κ1) is 48.1. The Balaban J connectivity index is 5.97. The maximum absolute atomic E-state index is 13.3. The van der Waals surface area contributed by atoms with E-state index in [1.165, 1.54) is 0 Å². The van der Waals surface area contributed by atoms with Crippen LogP contribution in [0.25, 0.3) is 0 Å². The normalized spacial score (nSPS) is 14.1. The molecule has 0 fully saturated rings. The standard InChI is InChI=1S/C30H50N10O14/c1-13(2)9-18(30(53)54)39-28(51)17(10-24(46)47)38-29(52)19(12-41)40-27(50)16(5-8-22(34)44)37-26(49)15(4-7-21(33)43)36-23(45)11-35-25(48)14(31)3-6-20(32)42/h13-19,41H,3-12,31H2,1-2H3,(H2,32,42)(H2,33,43)(H2,34,44)(H,35,48)(H,36,45)(H,37,49)(H,38,52)(H,39,51)(H,40,50)(H,46,47)(H,53,54). The number of aliphatic carboxylic acids is 2. The van der Waals surface area contributed by atoms with Gasteiger partial charge in [-0.25, -0.2) is 4.79 Å². The highest BCUT2D eigenvalue weighted by Gasteiger charge is 2.33. The van der Waals surface area contributed by atoms with Gasteiger partial charge in [0.15, 0.2) is 0 Å². The molecule has 6 unspecified atom stereocenters. The van der Waals surface area contributed by atoms with E-state index in [1.54, 1.807) is 13.8 Å². The molecule has 24 heteroatoms. The fraction of sp³-hybridized carbons (Fsp3) is 0.633. The number of carboxylic acid groups (broad SMARTS) is 2. The molecule has 0 heterocycles. The van der Waals surface area contributed by atoms with E-state index in [9.17, 15) is 68.1 Å². The van der Waals surface area contributed by atoms with Crippen molar-refractivity contribution < 1.29 is 68.1 Å². The summed E-state index contributed by atoms with van der Waals surface area (Å²) in [7, 11) is 0. The number of nitrogens with one attached hydrogen (secondary N) is 6. The zero-order chi connectivity index (χ0) is 41.7. The molecule has 9 amide bonds. The third-order valence-corrected chi connectivity index (χ3v) is 7.25. The Morgan fingerprint density at radius 1 is 0.556 bits per heavy atom. The smallest absolute Gasteiger partial charge is 0.326 e. The fourth-order valence-corrected chi connectivity index (χ4v) is 4.44. The van der Waals surface area contributed by atoms with Crippen molar-refractivity contribution in [1.82, 2.24) is 31.9 Å². The summed E-state index contributed by atoms with van der Waals surface area (Å²) in [6, 6.07) is -9.69. The molecular weight excluding hydrogens is 724 g/mol. The van der Waals surface area contributed by atoms with Gasteiger partial charge < -0.3 is 70.2 Å². The molecule has 304 valence electrons. The van der Waals surface area contributed by atoms with Gasteiger partial charge in [0, 0.05) is 19.3 Å². The van der Waals surface area contributed by atoms with Crippen molar-refractivity contribution in [2.45, 2.75) is 101 Å². The number of nitrogens with two attached hydrogens (primary N) is 4. The van der Waals surface area contributed by atoms with Gasteiger partial charge in [-0.15, -0.1) is 0 Å². The Morgan fingerprint density at radius 3 is 1.41 bits per heavy atom. The van der Waals surface area contributed by atoms with Crippen LogP contribution in [-0.4, -0.2) is 130 Å². The summed E-state index contributed by atoms with van der Waals surface area (Å²) in [5.41, 5.74) is 21.0. The van der Waals surface area contributed by atoms with E-state index in [0.29, 0.717) is 0 Å². The van der Waals surface area contributed by atoms with Crippen LogP contribution < -0.4 is 54.8 Å². The summed E-state index contributed by atoms with van der Waals surface area (Å²) in [4.78, 5) is 134. The molecule has 0 saturated carbocycles. The van der Waals surface area contributed by atoms with Crippen LogP contribution in [0.4, 0.5) is 0 Å². The molecule has 0 aliphatic rings. The Hall–Kier alpha value is -5.91. The zero-order valence-electron chi connectivity index (χ0n) is 29.8. The first-order valence-corrected chi connectivity index (χ1v) is 16.5. The number of aliphatic hydroxyl groups excluding tert-OH is 1. The molecule has 0 saturated heterocycles. The SMILES string of the molecule is CC(C)CC(NC(=O)C(CC(=O)O)NC(=O)C(CO)NC(=O)C(CCC(N)=O)NC(=O)C(CCC(N)=O)NC(=O)CNC(=O)C(N)CCC(N)=O)C(=O)O. The van der Waals surface area contributed by atoms with Gasteiger partial charge in [0.05, 0.1) is 25.6 Å². The number of carbonyl (C=O) groups is 11. The number of hydrogen-bond donors (Lipinski definition) is 13. The van der Waals surface area contributed by atoms with Gasteiger partial charge in [-0.05, 0) is 31.6 Å². The Morgan fingerprint density at radius 2 is 0.963 bits per heavy atom. The first-order chi connectivity index (χ1) is 25.1. The molecule has 17 N–H and O–H groups in total. The summed E-state index contributed by atoms with van der Waals surface area (Å²) < 4.78 is 0. The van der Waals surface area contributed by atoms with Crippen LogP contribution in [-0.2, 0) is 52.7 Å². The predicted octanol–water partition coefficient (Wildman–Crippen LogP) is -6.75. The fourth-order valence-electron chi connectivity index (χ4n) is 4.44. The van der Waals surface area contributed by atoms with Gasteiger partial charge >= 0.3 is 11.9 Å². The lowest BCUT2D eigenvalue weighted by Crippen LogP contribution is -2.60. The highest BCUT2D eigenvalue weighted by atomic mass is 16.4. The molecule has 0 aromatic carbocycles. The van der Waals surface area contributed by atoms with Crippen molar-refractivity contribution in [3.63, 3.8) is 0 Å². The summed E-state index contributed by atoms with van der Waals surface area (Å²) in [5.74, 6) is -12.4. The highest BCUT2D eigenvalue weighted by molar-refractivity contribution is 5.97. The number of aliphatic hydroxyl groups is 1. The van der Waals surface area contributed by atoms with E-state index < -0.39 is 147 Å². The van der Waals surface area contributed by atoms with Crippen LogP contribution in [0.2, 0.25) is 0 Å². The molecule has 0 radical (unpaired) electrons. The molecule has 24 nitrogen and oxygen atoms in total. The van der Waals surface area contributed by atoms with Crippen molar-refractivity contribution in [2.75, 3.05) is 13.2 Å². The number of rotatable bonds is 27. The molecular formula is C30H50N10O14. The molecule has 6 atom stereocenters. The molecule has 0 spiro atoms. The second kappa shape index (κ2) is 24.4. The topological polar surface area (TPSA) is 425 Å². The number of carboxylic acids is 2. The predicted molar refractivity (Wildman–Crippen MR) is 182 cm³/mol. The van der Waals surface area contributed by atoms with Crippen LogP contribution >= 0.6 is 0 Å². The van der Waals surface area contributed by atoms with Gasteiger partial charge in [-0.1, -0.05) is 13.8 Å². The van der Waals surface area contributed by atoms with Crippen molar-refractivity contribution >= 4 is 65.1 Å². The lowest BCUT2D eigenvalue weighted by atomic mass is 10.0. The molecule has 0 aliphatic carbocycles. The molecule has 0 rings (SSSR count). The molecule has 0 aromatic heterocycles. The minimum absolute atomic E-state index is 0.0411. The second-order valence-corrected chi connectivity index (χ2v) is 12.5. The maximum Gasteiger partial charge on any atom is 0.326 e. The van der Waals surface area contributed by atoms with Crippen LogP contribution in [0.3, 0.4) is 0 Å². The average molecular weight is 775 g/mol. The Labute approximate surface area is 308 Å². The van der Waals surface area contributed by atoms with Gasteiger partial charge in [0.2, 0.25) is 53.2 Å². The minimum atomic E-state index is -1.90. The summed E-state index contributed by atoms with van der Waals surface area (Å²) >= 11 is 0. The van der Waals surface area contributed by atoms with Gasteiger partial charge in [-0.2, -0.15) is 0 Å². The lowest BCUT2D eigenvalue weighted by molar-refractivity contribution is -0.144. The first-order valence-electron chi connectivity index (χ1n) is 16.5. The number of amides is 9. The van der Waals surface area contributed by atoms with E-state index in [2.05, 4.69) is 26.6 Å². The number of carbonyl (C=O) groups excluding carboxylic acids is 9. The van der Waals surface area contributed by atoms with Crippen molar-refractivity contribution in [1.29, 1.82) is 0 Å². The number of primary amides is 3. The zero-order valence-corrected chi connectivity index (χ0v) is 29.8. The van der Waals surface area contributed by atoms with Gasteiger partial charge in [-0.3, -0.25) is 47.9 Å². The average Bonchev–Trinajstić information content (AvgIpc) is 3.06. The van der Waals surface area contributed by atoms with Crippen LogP contribution in [0.15, 0.2) is 0 Å². The van der Waals surface area contributed by atoms with Crippen molar-refractivity contribution in [2.24, 2.45) is 28.9 Å². The minimum Gasteiger partial charge on any atom is -0.481 e. The largest absolute Gasteiger partial charge is 0.481 e. The third-order valence-electron chi connectivity index (χ3n) is 7.25. The molecule has 0 aromatic rings. The summed E-state index contributed by atoms with van der Waals surface area (Å²) in [6.45, 7) is 1.47. The monoisotopic (exact) mass is 774 g/mol. The van der Waals surface area contributed by atoms with E-state index in [4.69, 9.17) is 22.9 Å². The number of hydrogen-bond acceptors (Lipinski definition) is 13. The summed E-state index contributed by atoms with van der Waals surface area (Å²) in [6.07, 6.45) is -3.29. The van der Waals surface area contributed by atoms with Crippen LogP contribution in [0.5, 0.6) is 0 Å². The van der Waals surface area contributed by atoms with E-state index in [0.717, 1.165) is 0 Å². The van der Waals surface area contributed by atoms with Crippen molar-refractivity contribution in [3.05, 3.63) is 0 Å². The maximum atomic E-state index is 13.3. The molecule has 0 bridgehead atoms. The Bertz CT molecular complexity index is 1410. The second-order valence-electron chi connectivity index (χ2n) is 12.5. The molecule has 0 aliphatic heterocycles. The third kappa shape index (κ3) is 20.2. The Kier molecular flexibility index (Phi) is 21.7. The molecule has 54 heavy (non-hydrogen) atoms. The van der Waals surface area contributed by atoms with E-state index in [-0.39, 0.29) is 25.2 Å². The van der Waals surface area contributed by atoms with Crippen molar-refractivity contribution in [3.8, 4) is 0 Å². The van der Waals surface area contributed by atoms with Crippen LogP contribution in [0, 0.1) is 5.92 Å². The lowest BCUT2D eigenvalue weighted by Gasteiger charge is -2.26. The van der Waals surface area contributed by atoms with E-state index >= 15 is 0 Å². The quantitative estimate of drug-likeness (QED) is 0.0369. The van der Waals surface area contributed by atoms with Gasteiger partial charge in [0.1, 0.15) is 30.2 Å². The van der Waals surface area contributed by atoms with Gasteiger partial charge in [0.25, 0.3) is 0 Å². The van der Waals surface area contributed by atoms with Crippen LogP contribution in [0.1, 0.15) is 65.2 Å². The van der Waals surface area contributed by atoms with E-state index in [1.807, 2.05) is 5.32 Å².